The largest absolute Gasteiger partial charge is 0.324 e. The van der Waals surface area contributed by atoms with E-state index in [4.69, 9.17) is 17.3 Å². The fourth-order valence-electron chi connectivity index (χ4n) is 1.58. The van der Waals surface area contributed by atoms with E-state index in [1.807, 2.05) is 0 Å². The quantitative estimate of drug-likeness (QED) is 0.758. The molecule has 1 aromatic rings. The average molecular weight is 230 g/mol. The third-order valence-corrected chi connectivity index (χ3v) is 2.79. The number of hydrogen-bond acceptors (Lipinski definition) is 1. The minimum Gasteiger partial charge on any atom is -0.324 e. The van der Waals surface area contributed by atoms with Crippen molar-refractivity contribution in [3.8, 4) is 0 Å². The summed E-state index contributed by atoms with van der Waals surface area (Å²) in [5.74, 6) is -0.372. The third kappa shape index (κ3) is 3.47. The molecule has 0 spiro atoms. The van der Waals surface area contributed by atoms with Crippen LogP contribution in [0, 0.1) is 5.82 Å². The van der Waals surface area contributed by atoms with E-state index in [1.54, 1.807) is 18.2 Å². The first-order chi connectivity index (χ1) is 7.16. The second-order valence-electron chi connectivity index (χ2n) is 3.75. The molecule has 0 unspecified atom stereocenters. The zero-order valence-electron chi connectivity index (χ0n) is 8.97. The molecular formula is C12H17ClFN. The molecule has 0 heterocycles. The summed E-state index contributed by atoms with van der Waals surface area (Å²) in [6, 6.07) is 4.74. The van der Waals surface area contributed by atoms with E-state index in [-0.39, 0.29) is 16.9 Å². The van der Waals surface area contributed by atoms with Crippen LogP contribution in [0.5, 0.6) is 0 Å². The molecule has 0 amide bonds. The van der Waals surface area contributed by atoms with Crippen molar-refractivity contribution in [2.75, 3.05) is 0 Å². The SMILES string of the molecule is CCCCC[C@@H](N)c1cccc(Cl)c1F. The molecule has 15 heavy (non-hydrogen) atoms. The van der Waals surface area contributed by atoms with Crippen LogP contribution in [0.3, 0.4) is 0 Å². The molecule has 1 aromatic carbocycles. The van der Waals surface area contributed by atoms with E-state index in [0.29, 0.717) is 5.56 Å². The molecular weight excluding hydrogens is 213 g/mol. The zero-order chi connectivity index (χ0) is 11.3. The van der Waals surface area contributed by atoms with Crippen LogP contribution >= 0.6 is 11.6 Å². The Hall–Kier alpha value is -0.600. The molecule has 1 atom stereocenters. The summed E-state index contributed by atoms with van der Waals surface area (Å²) >= 11 is 5.69. The summed E-state index contributed by atoms with van der Waals surface area (Å²) in [6.45, 7) is 2.13. The average Bonchev–Trinajstić information content (AvgIpc) is 2.22. The summed E-state index contributed by atoms with van der Waals surface area (Å²) < 4.78 is 13.5. The molecule has 0 bridgehead atoms. The highest BCUT2D eigenvalue weighted by Crippen LogP contribution is 2.25. The zero-order valence-corrected chi connectivity index (χ0v) is 9.73. The Balaban J connectivity index is 2.65. The van der Waals surface area contributed by atoms with Crippen molar-refractivity contribution in [2.45, 2.75) is 38.6 Å². The summed E-state index contributed by atoms with van der Waals surface area (Å²) in [4.78, 5) is 0. The molecule has 1 nitrogen and oxygen atoms in total. The first kappa shape index (κ1) is 12.5. The Kier molecular flexibility index (Phi) is 5.06. The minimum atomic E-state index is -0.372. The van der Waals surface area contributed by atoms with Crippen LogP contribution in [0.4, 0.5) is 4.39 Å². The number of benzene rings is 1. The lowest BCUT2D eigenvalue weighted by atomic mass is 10.0. The second kappa shape index (κ2) is 6.09. The monoisotopic (exact) mass is 229 g/mol. The maximum atomic E-state index is 13.5. The molecule has 0 aliphatic heterocycles. The molecule has 3 heteroatoms. The third-order valence-electron chi connectivity index (χ3n) is 2.50. The van der Waals surface area contributed by atoms with E-state index < -0.39 is 0 Å². The van der Waals surface area contributed by atoms with Crippen LogP contribution in [-0.4, -0.2) is 0 Å². The Bertz CT molecular complexity index is 314. The van der Waals surface area contributed by atoms with Crippen LogP contribution in [0.15, 0.2) is 18.2 Å². The van der Waals surface area contributed by atoms with Crippen LogP contribution in [0.2, 0.25) is 5.02 Å². The molecule has 0 aliphatic carbocycles. The predicted molar refractivity (Wildman–Crippen MR) is 62.5 cm³/mol. The van der Waals surface area contributed by atoms with Gasteiger partial charge < -0.3 is 5.73 Å². The Labute approximate surface area is 95.4 Å². The maximum Gasteiger partial charge on any atom is 0.146 e. The Morgan fingerprint density at radius 2 is 2.13 bits per heavy atom. The van der Waals surface area contributed by atoms with E-state index in [0.717, 1.165) is 25.7 Å². The molecule has 2 N–H and O–H groups in total. The smallest absolute Gasteiger partial charge is 0.146 e. The molecule has 1 rings (SSSR count). The van der Waals surface area contributed by atoms with Gasteiger partial charge in [-0.15, -0.1) is 0 Å². The number of halogens is 2. The first-order valence-electron chi connectivity index (χ1n) is 5.36. The summed E-state index contributed by atoms with van der Waals surface area (Å²) in [5.41, 5.74) is 6.43. The summed E-state index contributed by atoms with van der Waals surface area (Å²) in [6.07, 6.45) is 4.12. The molecule has 0 aromatic heterocycles. The summed E-state index contributed by atoms with van der Waals surface area (Å²) in [7, 11) is 0. The standard InChI is InChI=1S/C12H17ClFN/c1-2-3-4-8-11(15)9-6-5-7-10(13)12(9)14/h5-7,11H,2-4,8,15H2,1H3/t11-/m1/s1. The number of nitrogens with two attached hydrogens (primary N) is 1. The van der Waals surface area contributed by atoms with Gasteiger partial charge in [0.1, 0.15) is 5.82 Å². The normalized spacial score (nSPS) is 12.8. The van der Waals surface area contributed by atoms with Gasteiger partial charge in [-0.3, -0.25) is 0 Å². The van der Waals surface area contributed by atoms with Crippen molar-refractivity contribution >= 4 is 11.6 Å². The van der Waals surface area contributed by atoms with Gasteiger partial charge in [-0.05, 0) is 12.5 Å². The Morgan fingerprint density at radius 3 is 2.80 bits per heavy atom. The van der Waals surface area contributed by atoms with E-state index in [9.17, 15) is 4.39 Å². The van der Waals surface area contributed by atoms with E-state index in [1.165, 1.54) is 0 Å². The molecule has 0 aliphatic rings. The van der Waals surface area contributed by atoms with Crippen molar-refractivity contribution < 1.29 is 4.39 Å². The fourth-order valence-corrected chi connectivity index (χ4v) is 1.76. The van der Waals surface area contributed by atoms with Gasteiger partial charge in [0, 0.05) is 11.6 Å². The number of unbranched alkanes of at least 4 members (excludes halogenated alkanes) is 2. The fraction of sp³-hybridized carbons (Fsp3) is 0.500. The maximum absolute atomic E-state index is 13.5. The van der Waals surface area contributed by atoms with Gasteiger partial charge in [-0.1, -0.05) is 49.9 Å². The van der Waals surface area contributed by atoms with E-state index in [2.05, 4.69) is 6.92 Å². The number of rotatable bonds is 5. The number of hydrogen-bond donors (Lipinski definition) is 1. The highest BCUT2D eigenvalue weighted by Gasteiger charge is 2.12. The molecule has 0 saturated carbocycles. The van der Waals surface area contributed by atoms with Crippen LogP contribution < -0.4 is 5.73 Å². The topological polar surface area (TPSA) is 26.0 Å². The highest BCUT2D eigenvalue weighted by atomic mass is 35.5. The van der Waals surface area contributed by atoms with Gasteiger partial charge in [-0.2, -0.15) is 0 Å². The van der Waals surface area contributed by atoms with Crippen molar-refractivity contribution in [3.63, 3.8) is 0 Å². The van der Waals surface area contributed by atoms with Crippen LogP contribution in [0.25, 0.3) is 0 Å². The van der Waals surface area contributed by atoms with Gasteiger partial charge in [0.05, 0.1) is 5.02 Å². The van der Waals surface area contributed by atoms with Crippen molar-refractivity contribution in [3.05, 3.63) is 34.6 Å². The minimum absolute atomic E-state index is 0.151. The van der Waals surface area contributed by atoms with Gasteiger partial charge in [0.2, 0.25) is 0 Å². The van der Waals surface area contributed by atoms with Gasteiger partial charge >= 0.3 is 0 Å². The van der Waals surface area contributed by atoms with Crippen molar-refractivity contribution in [2.24, 2.45) is 5.73 Å². The molecule has 84 valence electrons. The predicted octanol–water partition coefficient (Wildman–Crippen LogP) is 4.06. The van der Waals surface area contributed by atoms with Crippen molar-refractivity contribution in [1.29, 1.82) is 0 Å². The van der Waals surface area contributed by atoms with Gasteiger partial charge in [-0.25, -0.2) is 4.39 Å². The van der Waals surface area contributed by atoms with Gasteiger partial charge in [0.15, 0.2) is 0 Å². The first-order valence-corrected chi connectivity index (χ1v) is 5.74. The van der Waals surface area contributed by atoms with E-state index >= 15 is 0 Å². The molecule has 0 radical (unpaired) electrons. The lowest BCUT2D eigenvalue weighted by Gasteiger charge is -2.13. The van der Waals surface area contributed by atoms with Gasteiger partial charge in [0.25, 0.3) is 0 Å². The highest BCUT2D eigenvalue weighted by molar-refractivity contribution is 6.30. The molecule has 0 saturated heterocycles. The second-order valence-corrected chi connectivity index (χ2v) is 4.15. The van der Waals surface area contributed by atoms with Crippen molar-refractivity contribution in [1.82, 2.24) is 0 Å². The van der Waals surface area contributed by atoms with Crippen LogP contribution in [-0.2, 0) is 0 Å². The summed E-state index contributed by atoms with van der Waals surface area (Å²) in [5, 5.41) is 0.151. The Morgan fingerprint density at radius 1 is 1.40 bits per heavy atom. The van der Waals surface area contributed by atoms with Crippen LogP contribution in [0.1, 0.15) is 44.2 Å². The lowest BCUT2D eigenvalue weighted by Crippen LogP contribution is -2.12. The lowest BCUT2D eigenvalue weighted by molar-refractivity contribution is 0.539. The molecule has 0 fully saturated rings.